The molecule has 1 amide bonds. The molecule has 144 valence electrons. The second-order valence-electron chi connectivity index (χ2n) is 7.42. The number of piperazine rings is 1. The number of hydrogen-bond acceptors (Lipinski definition) is 5. The van der Waals surface area contributed by atoms with E-state index in [0.29, 0.717) is 19.6 Å². The Balaban J connectivity index is 1.49. The Morgan fingerprint density at radius 3 is 2.69 bits per heavy atom. The van der Waals surface area contributed by atoms with Gasteiger partial charge in [-0.15, -0.1) is 0 Å². The number of imidazole rings is 1. The molecule has 9 heteroatoms. The molecular formula is C17H27N5O3S. The monoisotopic (exact) mass is 381 g/mol. The fraction of sp³-hybridized carbons (Fsp3) is 0.765. The molecule has 1 aromatic rings. The van der Waals surface area contributed by atoms with Crippen LogP contribution in [0.25, 0.3) is 0 Å². The molecular weight excluding hydrogens is 354 g/mol. The standard InChI is InChI=1S/C17H27N5O3S/c23-17(20-10-6-18-7-11-20)14-4-3-9-22(12-14)26(24,25)16-13-21-8-2-1-5-15(21)19-16/h13-14,18H,1-12H2. The van der Waals surface area contributed by atoms with Crippen molar-refractivity contribution in [2.24, 2.45) is 5.92 Å². The van der Waals surface area contributed by atoms with Gasteiger partial charge < -0.3 is 14.8 Å². The SMILES string of the molecule is O=C(C1CCCN(S(=O)(=O)c2cn3c(n2)CCCC3)C1)N1CCNCC1. The molecule has 1 atom stereocenters. The van der Waals surface area contributed by atoms with Gasteiger partial charge in [0.05, 0.1) is 5.92 Å². The van der Waals surface area contributed by atoms with Crippen molar-refractivity contribution in [2.75, 3.05) is 39.3 Å². The van der Waals surface area contributed by atoms with Crippen molar-refractivity contribution in [2.45, 2.75) is 43.7 Å². The van der Waals surface area contributed by atoms with Crippen molar-refractivity contribution >= 4 is 15.9 Å². The highest BCUT2D eigenvalue weighted by Crippen LogP contribution is 2.26. The van der Waals surface area contributed by atoms with E-state index in [1.807, 2.05) is 9.47 Å². The van der Waals surface area contributed by atoms with E-state index >= 15 is 0 Å². The summed E-state index contributed by atoms with van der Waals surface area (Å²) in [6.45, 7) is 4.60. The first-order valence-corrected chi connectivity index (χ1v) is 11.1. The van der Waals surface area contributed by atoms with Gasteiger partial charge in [0.1, 0.15) is 5.82 Å². The van der Waals surface area contributed by atoms with Crippen LogP contribution in [0.3, 0.4) is 0 Å². The van der Waals surface area contributed by atoms with Crippen LogP contribution in [0.5, 0.6) is 0 Å². The molecule has 0 bridgehead atoms. The zero-order valence-electron chi connectivity index (χ0n) is 15.1. The molecule has 26 heavy (non-hydrogen) atoms. The number of fused-ring (bicyclic) bond motifs is 1. The minimum absolute atomic E-state index is 0.0931. The van der Waals surface area contributed by atoms with Crippen molar-refractivity contribution in [3.8, 4) is 0 Å². The highest BCUT2D eigenvalue weighted by molar-refractivity contribution is 7.89. The maximum absolute atomic E-state index is 13.1. The Bertz CT molecular complexity index is 746. The minimum Gasteiger partial charge on any atom is -0.340 e. The number of carbonyl (C=O) groups excluding carboxylic acids is 1. The molecule has 2 fully saturated rings. The molecule has 1 unspecified atom stereocenters. The largest absolute Gasteiger partial charge is 0.340 e. The van der Waals surface area contributed by atoms with Gasteiger partial charge in [-0.2, -0.15) is 4.31 Å². The maximum atomic E-state index is 13.1. The summed E-state index contributed by atoms with van der Waals surface area (Å²) in [6, 6.07) is 0. The Kier molecular flexibility index (Phi) is 5.02. The summed E-state index contributed by atoms with van der Waals surface area (Å²) in [5.41, 5.74) is 0. The second-order valence-corrected chi connectivity index (χ2v) is 9.31. The fourth-order valence-electron chi connectivity index (χ4n) is 4.15. The van der Waals surface area contributed by atoms with Gasteiger partial charge in [0.25, 0.3) is 10.0 Å². The van der Waals surface area contributed by atoms with Crippen LogP contribution in [0, 0.1) is 5.92 Å². The molecule has 0 saturated carbocycles. The normalized spacial score (nSPS) is 25.1. The summed E-state index contributed by atoms with van der Waals surface area (Å²) in [6.07, 6.45) is 6.10. The van der Waals surface area contributed by atoms with Crippen LogP contribution >= 0.6 is 0 Å². The molecule has 1 aromatic heterocycles. The highest BCUT2D eigenvalue weighted by atomic mass is 32.2. The second kappa shape index (κ2) is 7.28. The van der Waals surface area contributed by atoms with E-state index in [1.165, 1.54) is 4.31 Å². The van der Waals surface area contributed by atoms with Gasteiger partial charge >= 0.3 is 0 Å². The van der Waals surface area contributed by atoms with Crippen molar-refractivity contribution in [1.82, 2.24) is 24.1 Å². The van der Waals surface area contributed by atoms with E-state index in [-0.39, 0.29) is 23.4 Å². The van der Waals surface area contributed by atoms with Crippen LogP contribution in [0.4, 0.5) is 0 Å². The summed E-state index contributed by atoms with van der Waals surface area (Å²) in [4.78, 5) is 19.0. The van der Waals surface area contributed by atoms with Crippen LogP contribution in [0.1, 0.15) is 31.5 Å². The van der Waals surface area contributed by atoms with Crippen LogP contribution < -0.4 is 5.32 Å². The van der Waals surface area contributed by atoms with Crippen molar-refractivity contribution < 1.29 is 13.2 Å². The van der Waals surface area contributed by atoms with E-state index in [1.54, 1.807) is 6.20 Å². The van der Waals surface area contributed by atoms with E-state index < -0.39 is 10.0 Å². The predicted molar refractivity (Wildman–Crippen MR) is 96.1 cm³/mol. The van der Waals surface area contributed by atoms with E-state index in [4.69, 9.17) is 0 Å². The van der Waals surface area contributed by atoms with E-state index in [9.17, 15) is 13.2 Å². The smallest absolute Gasteiger partial charge is 0.262 e. The molecule has 3 aliphatic heterocycles. The fourth-order valence-corrected chi connectivity index (χ4v) is 5.64. The average molecular weight is 382 g/mol. The molecule has 0 spiro atoms. The Morgan fingerprint density at radius 1 is 1.12 bits per heavy atom. The quantitative estimate of drug-likeness (QED) is 0.800. The maximum Gasteiger partial charge on any atom is 0.262 e. The lowest BCUT2D eigenvalue weighted by Crippen LogP contribution is -2.51. The summed E-state index contributed by atoms with van der Waals surface area (Å²) >= 11 is 0. The zero-order valence-corrected chi connectivity index (χ0v) is 15.9. The van der Waals surface area contributed by atoms with E-state index in [2.05, 4.69) is 10.3 Å². The van der Waals surface area contributed by atoms with Crippen molar-refractivity contribution in [3.05, 3.63) is 12.0 Å². The molecule has 0 aromatic carbocycles. The predicted octanol–water partition coefficient (Wildman–Crippen LogP) is 0.0519. The van der Waals surface area contributed by atoms with Gasteiger partial charge in [-0.25, -0.2) is 13.4 Å². The number of rotatable bonds is 3. The molecule has 8 nitrogen and oxygen atoms in total. The first kappa shape index (κ1) is 17.9. The lowest BCUT2D eigenvalue weighted by molar-refractivity contribution is -0.137. The summed E-state index contributed by atoms with van der Waals surface area (Å²) in [5.74, 6) is 0.713. The van der Waals surface area contributed by atoms with Gasteiger partial charge in [0, 0.05) is 58.4 Å². The third-order valence-corrected chi connectivity index (χ3v) is 7.39. The molecule has 4 rings (SSSR count). The number of aryl methyl sites for hydroxylation is 2. The molecule has 2 saturated heterocycles. The number of nitrogens with one attached hydrogen (secondary N) is 1. The van der Waals surface area contributed by atoms with Gasteiger partial charge in [-0.1, -0.05) is 0 Å². The first-order valence-electron chi connectivity index (χ1n) is 9.61. The van der Waals surface area contributed by atoms with Gasteiger partial charge in [0.15, 0.2) is 5.03 Å². The Hall–Kier alpha value is -1.45. The third kappa shape index (κ3) is 3.39. The number of sulfonamides is 1. The van der Waals surface area contributed by atoms with Crippen LogP contribution in [-0.4, -0.2) is 72.3 Å². The molecule has 0 aliphatic carbocycles. The first-order chi connectivity index (χ1) is 12.6. The van der Waals surface area contributed by atoms with Crippen molar-refractivity contribution in [3.63, 3.8) is 0 Å². The number of hydrogen-bond donors (Lipinski definition) is 1. The lowest BCUT2D eigenvalue weighted by atomic mass is 9.98. The number of nitrogens with zero attached hydrogens (tertiary/aromatic N) is 4. The van der Waals surface area contributed by atoms with Gasteiger partial charge in [-0.3, -0.25) is 4.79 Å². The summed E-state index contributed by atoms with van der Waals surface area (Å²) in [7, 11) is -3.63. The van der Waals surface area contributed by atoms with Gasteiger partial charge in [0.2, 0.25) is 5.91 Å². The summed E-state index contributed by atoms with van der Waals surface area (Å²) < 4.78 is 29.6. The lowest BCUT2D eigenvalue weighted by Gasteiger charge is -2.35. The average Bonchev–Trinajstić information content (AvgIpc) is 3.13. The molecule has 4 heterocycles. The number of piperidine rings is 1. The number of aromatic nitrogens is 2. The Morgan fingerprint density at radius 2 is 1.92 bits per heavy atom. The third-order valence-electron chi connectivity index (χ3n) is 5.65. The van der Waals surface area contributed by atoms with Crippen molar-refractivity contribution in [1.29, 1.82) is 0 Å². The Labute approximate surface area is 154 Å². The topological polar surface area (TPSA) is 87.5 Å². The number of carbonyl (C=O) groups is 1. The zero-order chi connectivity index (χ0) is 18.1. The van der Waals surface area contributed by atoms with Crippen LogP contribution in [0.15, 0.2) is 11.2 Å². The van der Waals surface area contributed by atoms with Gasteiger partial charge in [-0.05, 0) is 25.7 Å². The number of amides is 1. The van der Waals surface area contributed by atoms with E-state index in [0.717, 1.165) is 57.6 Å². The molecule has 3 aliphatic rings. The van der Waals surface area contributed by atoms with Crippen LogP contribution in [-0.2, 0) is 27.8 Å². The molecule has 0 radical (unpaired) electrons. The minimum atomic E-state index is -3.63. The van der Waals surface area contributed by atoms with Crippen LogP contribution in [0.2, 0.25) is 0 Å². The summed E-state index contributed by atoms with van der Waals surface area (Å²) in [5, 5.41) is 3.38. The highest BCUT2D eigenvalue weighted by Gasteiger charge is 2.36. The molecule has 1 N–H and O–H groups in total.